The standard InChI is InChI=1S/C16H20N2O2S/c1-12-18-14(11-21-12)5-6-17-10-13-3-4-15-16(9-13)20-8-2-7-19-15/h3-4,9,11,17H,2,5-8,10H2,1H3. The summed E-state index contributed by atoms with van der Waals surface area (Å²) in [4.78, 5) is 4.47. The molecule has 1 aliphatic heterocycles. The van der Waals surface area contributed by atoms with E-state index in [1.54, 1.807) is 11.3 Å². The van der Waals surface area contributed by atoms with E-state index < -0.39 is 0 Å². The Bertz CT molecular complexity index is 598. The Morgan fingerprint density at radius 2 is 2.10 bits per heavy atom. The maximum atomic E-state index is 5.71. The van der Waals surface area contributed by atoms with Crippen molar-refractivity contribution in [2.24, 2.45) is 0 Å². The zero-order chi connectivity index (χ0) is 14.5. The van der Waals surface area contributed by atoms with Crippen molar-refractivity contribution in [1.29, 1.82) is 0 Å². The van der Waals surface area contributed by atoms with Gasteiger partial charge in [0.25, 0.3) is 0 Å². The molecule has 112 valence electrons. The van der Waals surface area contributed by atoms with E-state index in [1.165, 1.54) is 11.3 Å². The minimum absolute atomic E-state index is 0.729. The normalized spacial score (nSPS) is 14.0. The molecule has 0 saturated carbocycles. The van der Waals surface area contributed by atoms with Crippen LogP contribution in [0.1, 0.15) is 22.7 Å². The molecule has 0 amide bonds. The Balaban J connectivity index is 1.50. The van der Waals surface area contributed by atoms with Crippen molar-refractivity contribution in [2.45, 2.75) is 26.3 Å². The van der Waals surface area contributed by atoms with Gasteiger partial charge in [-0.25, -0.2) is 4.98 Å². The third-order valence-corrected chi connectivity index (χ3v) is 4.19. The smallest absolute Gasteiger partial charge is 0.161 e. The van der Waals surface area contributed by atoms with Gasteiger partial charge in [0.15, 0.2) is 11.5 Å². The van der Waals surface area contributed by atoms with Crippen LogP contribution in [0.4, 0.5) is 0 Å². The number of aryl methyl sites for hydroxylation is 1. The van der Waals surface area contributed by atoms with E-state index in [-0.39, 0.29) is 0 Å². The van der Waals surface area contributed by atoms with Gasteiger partial charge in [0, 0.05) is 31.3 Å². The number of nitrogens with one attached hydrogen (secondary N) is 1. The number of hydrogen-bond acceptors (Lipinski definition) is 5. The van der Waals surface area contributed by atoms with Crippen LogP contribution in [0, 0.1) is 6.92 Å². The second-order valence-corrected chi connectivity index (χ2v) is 6.18. The molecule has 0 fully saturated rings. The van der Waals surface area contributed by atoms with Crippen LogP contribution in [0.2, 0.25) is 0 Å². The van der Waals surface area contributed by atoms with Crippen LogP contribution in [-0.4, -0.2) is 24.7 Å². The van der Waals surface area contributed by atoms with Gasteiger partial charge in [-0.3, -0.25) is 0 Å². The summed E-state index contributed by atoms with van der Waals surface area (Å²) in [5, 5.41) is 6.71. The maximum Gasteiger partial charge on any atom is 0.161 e. The van der Waals surface area contributed by atoms with E-state index in [1.807, 2.05) is 13.0 Å². The first kappa shape index (κ1) is 14.4. The Labute approximate surface area is 129 Å². The van der Waals surface area contributed by atoms with Crippen molar-refractivity contribution in [3.8, 4) is 11.5 Å². The van der Waals surface area contributed by atoms with E-state index in [0.717, 1.165) is 55.7 Å². The van der Waals surface area contributed by atoms with Crippen LogP contribution >= 0.6 is 11.3 Å². The molecule has 4 nitrogen and oxygen atoms in total. The molecule has 0 atom stereocenters. The lowest BCUT2D eigenvalue weighted by atomic mass is 10.2. The molecule has 21 heavy (non-hydrogen) atoms. The number of rotatable bonds is 5. The summed E-state index contributed by atoms with van der Waals surface area (Å²) < 4.78 is 11.3. The van der Waals surface area contributed by atoms with Crippen LogP contribution in [0.5, 0.6) is 11.5 Å². The lowest BCUT2D eigenvalue weighted by Crippen LogP contribution is -2.16. The van der Waals surface area contributed by atoms with Crippen molar-refractivity contribution in [1.82, 2.24) is 10.3 Å². The molecule has 3 rings (SSSR count). The first-order chi connectivity index (χ1) is 10.3. The highest BCUT2D eigenvalue weighted by Gasteiger charge is 2.10. The minimum Gasteiger partial charge on any atom is -0.490 e. The number of hydrogen-bond donors (Lipinski definition) is 1. The predicted octanol–water partition coefficient (Wildman–Crippen LogP) is 2.95. The average Bonchev–Trinajstić information content (AvgIpc) is 2.76. The predicted molar refractivity (Wildman–Crippen MR) is 84.3 cm³/mol. The van der Waals surface area contributed by atoms with Crippen LogP contribution in [0.3, 0.4) is 0 Å². The summed E-state index contributed by atoms with van der Waals surface area (Å²) in [5.74, 6) is 1.72. The van der Waals surface area contributed by atoms with Crippen LogP contribution in [0.25, 0.3) is 0 Å². The molecule has 1 N–H and O–H groups in total. The molecule has 2 heterocycles. The van der Waals surface area contributed by atoms with Crippen LogP contribution in [0.15, 0.2) is 23.6 Å². The van der Waals surface area contributed by atoms with Crippen molar-refractivity contribution in [2.75, 3.05) is 19.8 Å². The van der Waals surface area contributed by atoms with Crippen molar-refractivity contribution in [3.63, 3.8) is 0 Å². The molecule has 1 aliphatic rings. The molecular formula is C16H20N2O2S. The Morgan fingerprint density at radius 3 is 2.90 bits per heavy atom. The second kappa shape index (κ2) is 6.91. The molecule has 0 radical (unpaired) electrons. The van der Waals surface area contributed by atoms with Gasteiger partial charge in [-0.05, 0) is 24.6 Å². The molecule has 0 spiro atoms. The quantitative estimate of drug-likeness (QED) is 0.863. The summed E-state index contributed by atoms with van der Waals surface area (Å²) >= 11 is 1.71. The minimum atomic E-state index is 0.729. The Hall–Kier alpha value is -1.59. The van der Waals surface area contributed by atoms with E-state index in [2.05, 4.69) is 27.8 Å². The number of nitrogens with zero attached hydrogens (tertiary/aromatic N) is 1. The first-order valence-corrected chi connectivity index (χ1v) is 8.19. The molecule has 0 aliphatic carbocycles. The molecule has 1 aromatic carbocycles. The zero-order valence-electron chi connectivity index (χ0n) is 12.2. The summed E-state index contributed by atoms with van der Waals surface area (Å²) in [6.45, 7) is 5.27. The van der Waals surface area contributed by atoms with E-state index in [9.17, 15) is 0 Å². The lowest BCUT2D eigenvalue weighted by Gasteiger charge is -2.10. The fourth-order valence-electron chi connectivity index (χ4n) is 2.29. The van der Waals surface area contributed by atoms with Crippen LogP contribution in [-0.2, 0) is 13.0 Å². The molecule has 5 heteroatoms. The van der Waals surface area contributed by atoms with Crippen molar-refractivity contribution < 1.29 is 9.47 Å². The highest BCUT2D eigenvalue weighted by Crippen LogP contribution is 2.30. The summed E-state index contributed by atoms with van der Waals surface area (Å²) in [5.41, 5.74) is 2.39. The monoisotopic (exact) mass is 304 g/mol. The number of thiazole rings is 1. The maximum absolute atomic E-state index is 5.71. The zero-order valence-corrected chi connectivity index (χ0v) is 13.0. The van der Waals surface area contributed by atoms with Gasteiger partial charge in [-0.15, -0.1) is 11.3 Å². The largest absolute Gasteiger partial charge is 0.490 e. The molecule has 0 bridgehead atoms. The van der Waals surface area contributed by atoms with Gasteiger partial charge in [0.1, 0.15) is 0 Å². The summed E-state index contributed by atoms with van der Waals surface area (Å²) in [6, 6.07) is 6.16. The van der Waals surface area contributed by atoms with Crippen LogP contribution < -0.4 is 14.8 Å². The molecule has 0 unspecified atom stereocenters. The highest BCUT2D eigenvalue weighted by atomic mass is 32.1. The van der Waals surface area contributed by atoms with Gasteiger partial charge in [0.05, 0.1) is 23.9 Å². The molecular weight excluding hydrogens is 284 g/mol. The molecule has 2 aromatic rings. The fraction of sp³-hybridized carbons (Fsp3) is 0.438. The third-order valence-electron chi connectivity index (χ3n) is 3.37. The number of benzene rings is 1. The summed E-state index contributed by atoms with van der Waals surface area (Å²) in [7, 11) is 0. The number of aromatic nitrogens is 1. The number of fused-ring (bicyclic) bond motifs is 1. The van der Waals surface area contributed by atoms with Crippen molar-refractivity contribution >= 4 is 11.3 Å². The molecule has 0 saturated heterocycles. The molecule has 1 aromatic heterocycles. The Morgan fingerprint density at radius 1 is 1.24 bits per heavy atom. The number of ether oxygens (including phenoxy) is 2. The fourth-order valence-corrected chi connectivity index (χ4v) is 2.94. The SMILES string of the molecule is Cc1nc(CCNCc2ccc3c(c2)OCCCO3)cs1. The van der Waals surface area contributed by atoms with E-state index in [4.69, 9.17) is 9.47 Å². The van der Waals surface area contributed by atoms with Gasteiger partial charge >= 0.3 is 0 Å². The lowest BCUT2D eigenvalue weighted by molar-refractivity contribution is 0.297. The Kier molecular flexibility index (Phi) is 4.72. The van der Waals surface area contributed by atoms with Gasteiger partial charge < -0.3 is 14.8 Å². The van der Waals surface area contributed by atoms with E-state index in [0.29, 0.717) is 0 Å². The van der Waals surface area contributed by atoms with Gasteiger partial charge in [-0.1, -0.05) is 6.07 Å². The average molecular weight is 304 g/mol. The first-order valence-electron chi connectivity index (χ1n) is 7.31. The third kappa shape index (κ3) is 3.95. The topological polar surface area (TPSA) is 43.4 Å². The second-order valence-electron chi connectivity index (χ2n) is 5.12. The highest BCUT2D eigenvalue weighted by molar-refractivity contribution is 7.09. The van der Waals surface area contributed by atoms with Gasteiger partial charge in [0.2, 0.25) is 0 Å². The summed E-state index contributed by atoms with van der Waals surface area (Å²) in [6.07, 6.45) is 1.91. The van der Waals surface area contributed by atoms with Gasteiger partial charge in [-0.2, -0.15) is 0 Å². The van der Waals surface area contributed by atoms with Crippen molar-refractivity contribution in [3.05, 3.63) is 39.8 Å². The van der Waals surface area contributed by atoms with E-state index >= 15 is 0 Å².